The molecule has 0 aromatic carbocycles. The Morgan fingerprint density at radius 1 is 1.50 bits per heavy atom. The summed E-state index contributed by atoms with van der Waals surface area (Å²) in [6.45, 7) is 7.59. The Kier molecular flexibility index (Phi) is 4.59. The Hall–Kier alpha value is -0.650. The molecule has 0 spiro atoms. The van der Waals surface area contributed by atoms with Gasteiger partial charge in [-0.15, -0.1) is 0 Å². The van der Waals surface area contributed by atoms with Crippen LogP contribution in [0.15, 0.2) is 27.6 Å². The molecule has 2 rings (SSSR count). The minimum absolute atomic E-state index is 0.0171. The molecule has 1 aliphatic heterocycles. The summed E-state index contributed by atoms with van der Waals surface area (Å²) in [5.41, 5.74) is 0.0171. The smallest absolute Gasteiger partial charge is 0.250 e. The number of ether oxygens (including phenoxy) is 1. The van der Waals surface area contributed by atoms with E-state index >= 15 is 0 Å². The lowest BCUT2D eigenvalue weighted by Crippen LogP contribution is -2.47. The number of morpholine rings is 1. The molecule has 100 valence electrons. The summed E-state index contributed by atoms with van der Waals surface area (Å²) < 4.78 is 8.36. The molecule has 1 saturated heterocycles. The van der Waals surface area contributed by atoms with Gasteiger partial charge in [-0.05, 0) is 35.8 Å². The van der Waals surface area contributed by atoms with Crippen molar-refractivity contribution in [3.63, 3.8) is 0 Å². The molecule has 1 atom stereocenters. The van der Waals surface area contributed by atoms with Gasteiger partial charge in [0, 0.05) is 35.9 Å². The van der Waals surface area contributed by atoms with Crippen molar-refractivity contribution < 1.29 is 4.74 Å². The van der Waals surface area contributed by atoms with Gasteiger partial charge in [0.2, 0.25) is 0 Å². The summed E-state index contributed by atoms with van der Waals surface area (Å²) in [6, 6.07) is 3.87. The van der Waals surface area contributed by atoms with Crippen LogP contribution in [0.4, 0.5) is 0 Å². The van der Waals surface area contributed by atoms with E-state index < -0.39 is 0 Å². The van der Waals surface area contributed by atoms with Crippen molar-refractivity contribution in [2.45, 2.75) is 32.5 Å². The third-order valence-corrected chi connectivity index (χ3v) is 3.72. The first-order chi connectivity index (χ1) is 8.56. The molecule has 0 saturated carbocycles. The van der Waals surface area contributed by atoms with E-state index in [0.29, 0.717) is 12.6 Å². The van der Waals surface area contributed by atoms with Gasteiger partial charge >= 0.3 is 0 Å². The highest BCUT2D eigenvalue weighted by molar-refractivity contribution is 9.10. The first-order valence-corrected chi connectivity index (χ1v) is 7.07. The second-order valence-electron chi connectivity index (χ2n) is 4.92. The lowest BCUT2D eigenvalue weighted by atomic mass is 10.2. The molecule has 5 heteroatoms. The van der Waals surface area contributed by atoms with Gasteiger partial charge in [-0.3, -0.25) is 9.69 Å². The molecule has 1 unspecified atom stereocenters. The molecule has 2 heterocycles. The summed E-state index contributed by atoms with van der Waals surface area (Å²) in [6.07, 6.45) is 1.91. The van der Waals surface area contributed by atoms with Gasteiger partial charge < -0.3 is 9.30 Å². The first-order valence-electron chi connectivity index (χ1n) is 6.28. The standard InChI is InChI=1S/C13H19BrN2O2/c1-10(2)15-5-6-18-12(8-15)9-16-7-11(14)3-4-13(16)17/h3-4,7,10,12H,5-6,8-9H2,1-2H3. The van der Waals surface area contributed by atoms with E-state index in [9.17, 15) is 4.79 Å². The zero-order valence-electron chi connectivity index (χ0n) is 10.8. The second kappa shape index (κ2) is 5.99. The van der Waals surface area contributed by atoms with Crippen LogP contribution < -0.4 is 5.56 Å². The van der Waals surface area contributed by atoms with Crippen LogP contribution in [-0.4, -0.2) is 41.3 Å². The molecule has 1 aliphatic rings. The molecule has 1 aromatic heterocycles. The quantitative estimate of drug-likeness (QED) is 0.852. The van der Waals surface area contributed by atoms with Gasteiger partial charge in [0.25, 0.3) is 5.56 Å². The fraction of sp³-hybridized carbons (Fsp3) is 0.615. The van der Waals surface area contributed by atoms with Crippen molar-refractivity contribution in [3.8, 4) is 0 Å². The first kappa shape index (κ1) is 13.8. The van der Waals surface area contributed by atoms with Gasteiger partial charge in [0.1, 0.15) is 0 Å². The van der Waals surface area contributed by atoms with E-state index in [4.69, 9.17) is 4.74 Å². The molecule has 0 aliphatic carbocycles. The maximum absolute atomic E-state index is 11.7. The number of pyridine rings is 1. The van der Waals surface area contributed by atoms with Crippen molar-refractivity contribution in [3.05, 3.63) is 33.2 Å². The predicted octanol–water partition coefficient (Wildman–Crippen LogP) is 1.72. The third kappa shape index (κ3) is 3.43. The molecule has 0 radical (unpaired) electrons. The van der Waals surface area contributed by atoms with E-state index in [1.807, 2.05) is 6.20 Å². The van der Waals surface area contributed by atoms with Gasteiger partial charge in [-0.1, -0.05) is 0 Å². The van der Waals surface area contributed by atoms with Crippen molar-refractivity contribution in [2.75, 3.05) is 19.7 Å². The average molecular weight is 315 g/mol. The molecule has 0 bridgehead atoms. The SMILES string of the molecule is CC(C)N1CCOC(Cn2cc(Br)ccc2=O)C1. The topological polar surface area (TPSA) is 34.5 Å². The summed E-state index contributed by atoms with van der Waals surface area (Å²) >= 11 is 3.39. The lowest BCUT2D eigenvalue weighted by Gasteiger charge is -2.35. The highest BCUT2D eigenvalue weighted by atomic mass is 79.9. The molecule has 0 amide bonds. The van der Waals surface area contributed by atoms with Crippen molar-refractivity contribution in [2.24, 2.45) is 0 Å². The number of hydrogen-bond acceptors (Lipinski definition) is 3. The highest BCUT2D eigenvalue weighted by Crippen LogP contribution is 2.11. The van der Waals surface area contributed by atoms with Crippen LogP contribution in [0.25, 0.3) is 0 Å². The van der Waals surface area contributed by atoms with Gasteiger partial charge in [-0.2, -0.15) is 0 Å². The normalized spacial score (nSPS) is 21.4. The Labute approximate surface area is 116 Å². The van der Waals surface area contributed by atoms with Gasteiger partial charge in [0.05, 0.1) is 19.3 Å². The van der Waals surface area contributed by atoms with Gasteiger partial charge in [-0.25, -0.2) is 0 Å². The van der Waals surface area contributed by atoms with Crippen molar-refractivity contribution in [1.29, 1.82) is 0 Å². The number of rotatable bonds is 3. The average Bonchev–Trinajstić information content (AvgIpc) is 2.34. The molecular formula is C13H19BrN2O2. The van der Waals surface area contributed by atoms with E-state index in [1.54, 1.807) is 16.7 Å². The van der Waals surface area contributed by atoms with Crippen LogP contribution in [0, 0.1) is 0 Å². The van der Waals surface area contributed by atoms with E-state index in [1.165, 1.54) is 0 Å². The van der Waals surface area contributed by atoms with Crippen molar-refractivity contribution in [1.82, 2.24) is 9.47 Å². The van der Waals surface area contributed by atoms with Crippen LogP contribution >= 0.6 is 15.9 Å². The number of nitrogens with zero attached hydrogens (tertiary/aromatic N) is 2. The lowest BCUT2D eigenvalue weighted by molar-refractivity contribution is -0.0460. The number of hydrogen-bond donors (Lipinski definition) is 0. The largest absolute Gasteiger partial charge is 0.374 e. The number of aromatic nitrogens is 1. The van der Waals surface area contributed by atoms with Crippen molar-refractivity contribution >= 4 is 15.9 Å². The maximum atomic E-state index is 11.7. The highest BCUT2D eigenvalue weighted by Gasteiger charge is 2.22. The Balaban J connectivity index is 2.04. The summed E-state index contributed by atoms with van der Waals surface area (Å²) in [7, 11) is 0. The van der Waals surface area contributed by atoms with E-state index in [-0.39, 0.29) is 11.7 Å². The van der Waals surface area contributed by atoms with Crippen LogP contribution in [0.5, 0.6) is 0 Å². The monoisotopic (exact) mass is 314 g/mol. The van der Waals surface area contributed by atoms with E-state index in [0.717, 1.165) is 24.2 Å². The van der Waals surface area contributed by atoms with Gasteiger partial charge in [0.15, 0.2) is 0 Å². The number of halogens is 1. The van der Waals surface area contributed by atoms with Crippen LogP contribution in [0.3, 0.4) is 0 Å². The third-order valence-electron chi connectivity index (χ3n) is 3.25. The molecule has 0 N–H and O–H groups in total. The molecular weight excluding hydrogens is 296 g/mol. The summed E-state index contributed by atoms with van der Waals surface area (Å²) in [5.74, 6) is 0. The second-order valence-corrected chi connectivity index (χ2v) is 5.84. The summed E-state index contributed by atoms with van der Waals surface area (Å²) in [4.78, 5) is 14.1. The minimum atomic E-state index is 0.0171. The fourth-order valence-electron chi connectivity index (χ4n) is 2.19. The molecule has 4 nitrogen and oxygen atoms in total. The Bertz CT molecular complexity index is 459. The zero-order chi connectivity index (χ0) is 13.1. The molecule has 1 aromatic rings. The zero-order valence-corrected chi connectivity index (χ0v) is 12.4. The van der Waals surface area contributed by atoms with Crippen LogP contribution in [0.1, 0.15) is 13.8 Å². The Morgan fingerprint density at radius 3 is 3.00 bits per heavy atom. The Morgan fingerprint density at radius 2 is 2.28 bits per heavy atom. The fourth-order valence-corrected chi connectivity index (χ4v) is 2.57. The molecule has 1 fully saturated rings. The predicted molar refractivity (Wildman–Crippen MR) is 74.9 cm³/mol. The summed E-state index contributed by atoms with van der Waals surface area (Å²) in [5, 5.41) is 0. The van der Waals surface area contributed by atoms with E-state index in [2.05, 4.69) is 34.7 Å². The minimum Gasteiger partial charge on any atom is -0.374 e. The molecule has 18 heavy (non-hydrogen) atoms. The van der Waals surface area contributed by atoms with Crippen LogP contribution in [-0.2, 0) is 11.3 Å². The van der Waals surface area contributed by atoms with Crippen LogP contribution in [0.2, 0.25) is 0 Å². The maximum Gasteiger partial charge on any atom is 0.250 e.